The first-order chi connectivity index (χ1) is 8.43. The second kappa shape index (κ2) is 4.73. The normalized spacial score (nSPS) is 19.8. The maximum Gasteiger partial charge on any atom is 0.228 e. The summed E-state index contributed by atoms with van der Waals surface area (Å²) < 4.78 is 0. The largest absolute Gasteiger partial charge is 0.314 e. The van der Waals surface area contributed by atoms with Gasteiger partial charge in [0.1, 0.15) is 0 Å². The molecule has 1 saturated heterocycles. The molecule has 1 amide bonds. The van der Waals surface area contributed by atoms with Gasteiger partial charge in [-0.05, 0) is 38.8 Å². The van der Waals surface area contributed by atoms with Crippen LogP contribution in [-0.2, 0) is 4.79 Å². The molecule has 1 aromatic carbocycles. The fourth-order valence-corrected chi connectivity index (χ4v) is 2.70. The summed E-state index contributed by atoms with van der Waals surface area (Å²) in [7, 11) is 0. The van der Waals surface area contributed by atoms with Crippen LogP contribution in [-0.4, -0.2) is 24.5 Å². The predicted molar refractivity (Wildman–Crippen MR) is 75.0 cm³/mol. The summed E-state index contributed by atoms with van der Waals surface area (Å²) in [6.45, 7) is 9.98. The van der Waals surface area contributed by atoms with Crippen LogP contribution in [0.4, 0.5) is 5.69 Å². The maximum absolute atomic E-state index is 12.4. The maximum atomic E-state index is 12.4. The summed E-state index contributed by atoms with van der Waals surface area (Å²) in [5, 5.41) is 3.34. The topological polar surface area (TPSA) is 32.3 Å². The zero-order chi connectivity index (χ0) is 13.3. The molecule has 0 aliphatic carbocycles. The highest BCUT2D eigenvalue weighted by Crippen LogP contribution is 2.32. The van der Waals surface area contributed by atoms with Gasteiger partial charge in [0.05, 0.1) is 11.2 Å². The van der Waals surface area contributed by atoms with Crippen LogP contribution in [0.3, 0.4) is 0 Å². The van der Waals surface area contributed by atoms with Crippen molar-refractivity contribution in [3.63, 3.8) is 0 Å². The van der Waals surface area contributed by atoms with E-state index < -0.39 is 0 Å². The van der Waals surface area contributed by atoms with E-state index in [1.54, 1.807) is 0 Å². The molecule has 0 atom stereocenters. The lowest BCUT2D eigenvalue weighted by Crippen LogP contribution is -2.51. The van der Waals surface area contributed by atoms with Gasteiger partial charge >= 0.3 is 0 Å². The summed E-state index contributed by atoms with van der Waals surface area (Å²) in [5.74, 6) is 0.211. The van der Waals surface area contributed by atoms with Crippen LogP contribution in [0, 0.1) is 13.8 Å². The van der Waals surface area contributed by atoms with Crippen LogP contribution in [0.5, 0.6) is 0 Å². The Morgan fingerprint density at radius 1 is 1.22 bits per heavy atom. The third kappa shape index (κ3) is 2.27. The fourth-order valence-electron chi connectivity index (χ4n) is 2.70. The number of para-hydroxylation sites is 1. The van der Waals surface area contributed by atoms with Gasteiger partial charge in [-0.1, -0.05) is 18.2 Å². The number of hydrogen-bond donors (Lipinski definition) is 1. The smallest absolute Gasteiger partial charge is 0.228 e. The molecule has 3 nitrogen and oxygen atoms in total. The van der Waals surface area contributed by atoms with E-state index in [1.165, 1.54) is 11.1 Å². The average Bonchev–Trinajstić information content (AvgIpc) is 2.40. The van der Waals surface area contributed by atoms with E-state index in [1.807, 2.05) is 11.0 Å². The van der Waals surface area contributed by atoms with E-state index in [0.29, 0.717) is 6.42 Å². The molecule has 0 spiro atoms. The number of nitrogens with zero attached hydrogens (tertiary/aromatic N) is 1. The lowest BCUT2D eigenvalue weighted by molar-refractivity contribution is -0.119. The first kappa shape index (κ1) is 13.1. The minimum atomic E-state index is -0.190. The standard InChI is InChI=1S/C15H22N2O/c1-11-6-5-7-12(2)14(11)17-13(18)8-9-16-10-15(17,3)4/h5-7,16H,8-10H2,1-4H3. The van der Waals surface area contributed by atoms with Crippen LogP contribution in [0.2, 0.25) is 0 Å². The predicted octanol–water partition coefficient (Wildman–Crippen LogP) is 2.41. The van der Waals surface area contributed by atoms with Crippen LogP contribution in [0.15, 0.2) is 18.2 Å². The Balaban J connectivity index is 2.54. The van der Waals surface area contributed by atoms with E-state index in [9.17, 15) is 4.79 Å². The molecule has 3 heteroatoms. The zero-order valence-electron chi connectivity index (χ0n) is 11.7. The van der Waals surface area contributed by atoms with Gasteiger partial charge in [0.15, 0.2) is 0 Å². The lowest BCUT2D eigenvalue weighted by atomic mass is 9.98. The van der Waals surface area contributed by atoms with E-state index in [2.05, 4.69) is 45.1 Å². The molecule has 0 radical (unpaired) electrons. The molecular weight excluding hydrogens is 224 g/mol. The second-order valence-electron chi connectivity index (χ2n) is 5.71. The van der Waals surface area contributed by atoms with Gasteiger partial charge < -0.3 is 10.2 Å². The number of carbonyl (C=O) groups is 1. The number of nitrogens with one attached hydrogen (secondary N) is 1. The molecule has 98 valence electrons. The first-order valence-electron chi connectivity index (χ1n) is 6.53. The van der Waals surface area contributed by atoms with Crippen molar-refractivity contribution in [2.45, 2.75) is 39.7 Å². The van der Waals surface area contributed by atoms with Gasteiger partial charge in [0.25, 0.3) is 0 Å². The second-order valence-corrected chi connectivity index (χ2v) is 5.71. The Hall–Kier alpha value is -1.35. The molecule has 1 heterocycles. The third-order valence-corrected chi connectivity index (χ3v) is 3.59. The summed E-state index contributed by atoms with van der Waals surface area (Å²) in [6.07, 6.45) is 0.567. The average molecular weight is 246 g/mol. The molecule has 1 aromatic rings. The summed E-state index contributed by atoms with van der Waals surface area (Å²) in [4.78, 5) is 14.4. The highest BCUT2D eigenvalue weighted by Gasteiger charge is 2.35. The van der Waals surface area contributed by atoms with Crippen LogP contribution >= 0.6 is 0 Å². The van der Waals surface area contributed by atoms with E-state index in [4.69, 9.17) is 0 Å². The fraction of sp³-hybridized carbons (Fsp3) is 0.533. The van der Waals surface area contributed by atoms with Gasteiger partial charge in [0.2, 0.25) is 5.91 Å². The van der Waals surface area contributed by atoms with Crippen molar-refractivity contribution in [3.8, 4) is 0 Å². The molecule has 0 bridgehead atoms. The Morgan fingerprint density at radius 2 is 1.83 bits per heavy atom. The van der Waals surface area contributed by atoms with Gasteiger partial charge in [-0.25, -0.2) is 0 Å². The lowest BCUT2D eigenvalue weighted by Gasteiger charge is -2.38. The van der Waals surface area contributed by atoms with Crippen molar-refractivity contribution < 1.29 is 4.79 Å². The quantitative estimate of drug-likeness (QED) is 0.825. The number of amides is 1. The van der Waals surface area contributed by atoms with Gasteiger partial charge in [-0.15, -0.1) is 0 Å². The van der Waals surface area contributed by atoms with E-state index in [0.717, 1.165) is 18.8 Å². The van der Waals surface area contributed by atoms with Crippen LogP contribution < -0.4 is 10.2 Å². The number of benzene rings is 1. The minimum absolute atomic E-state index is 0.190. The number of anilines is 1. The molecule has 0 saturated carbocycles. The summed E-state index contributed by atoms with van der Waals surface area (Å²) in [6, 6.07) is 6.19. The molecular formula is C15H22N2O. The number of carbonyl (C=O) groups excluding carboxylic acids is 1. The van der Waals surface area contributed by atoms with Crippen LogP contribution in [0.25, 0.3) is 0 Å². The highest BCUT2D eigenvalue weighted by molar-refractivity contribution is 5.96. The van der Waals surface area contributed by atoms with Gasteiger partial charge in [0, 0.05) is 19.5 Å². The molecule has 1 aliphatic heterocycles. The molecule has 0 unspecified atom stereocenters. The Labute approximate surface area is 109 Å². The van der Waals surface area contributed by atoms with Gasteiger partial charge in [-0.3, -0.25) is 4.79 Å². The Morgan fingerprint density at radius 3 is 2.44 bits per heavy atom. The first-order valence-corrected chi connectivity index (χ1v) is 6.53. The molecule has 1 aliphatic rings. The highest BCUT2D eigenvalue weighted by atomic mass is 16.2. The summed E-state index contributed by atoms with van der Waals surface area (Å²) in [5.41, 5.74) is 3.22. The van der Waals surface area contributed by atoms with E-state index >= 15 is 0 Å². The van der Waals surface area contributed by atoms with Gasteiger partial charge in [-0.2, -0.15) is 0 Å². The van der Waals surface area contributed by atoms with Crippen molar-refractivity contribution >= 4 is 11.6 Å². The number of rotatable bonds is 1. The van der Waals surface area contributed by atoms with Crippen molar-refractivity contribution in [3.05, 3.63) is 29.3 Å². The monoisotopic (exact) mass is 246 g/mol. The zero-order valence-corrected chi connectivity index (χ0v) is 11.7. The van der Waals surface area contributed by atoms with Crippen molar-refractivity contribution in [1.82, 2.24) is 5.32 Å². The summed E-state index contributed by atoms with van der Waals surface area (Å²) >= 11 is 0. The van der Waals surface area contributed by atoms with Crippen molar-refractivity contribution in [1.29, 1.82) is 0 Å². The van der Waals surface area contributed by atoms with Crippen molar-refractivity contribution in [2.24, 2.45) is 0 Å². The molecule has 1 N–H and O–H groups in total. The minimum Gasteiger partial charge on any atom is -0.314 e. The molecule has 1 fully saturated rings. The molecule has 2 rings (SSSR count). The van der Waals surface area contributed by atoms with Crippen LogP contribution in [0.1, 0.15) is 31.4 Å². The molecule has 0 aromatic heterocycles. The number of aryl methyl sites for hydroxylation is 2. The van der Waals surface area contributed by atoms with Crippen molar-refractivity contribution in [2.75, 3.05) is 18.0 Å². The number of hydrogen-bond acceptors (Lipinski definition) is 2. The SMILES string of the molecule is Cc1cccc(C)c1N1C(=O)CCNCC1(C)C. The third-order valence-electron chi connectivity index (χ3n) is 3.59. The Bertz CT molecular complexity index is 445. The molecule has 18 heavy (non-hydrogen) atoms. The Kier molecular flexibility index (Phi) is 3.44. The van der Waals surface area contributed by atoms with E-state index in [-0.39, 0.29) is 11.4 Å².